The van der Waals surface area contributed by atoms with Gasteiger partial charge in [-0.25, -0.2) is 0 Å². The number of ether oxygens (including phenoxy) is 1. The topological polar surface area (TPSA) is 26.3 Å². The Kier molecular flexibility index (Phi) is 4.77. The van der Waals surface area contributed by atoms with Crippen LogP contribution in [-0.4, -0.2) is 12.9 Å². The highest BCUT2D eigenvalue weighted by atomic mass is 16.5. The number of methoxy groups -OCH3 is 1. The zero-order valence-electron chi connectivity index (χ0n) is 10.1. The molecule has 0 saturated heterocycles. The van der Waals surface area contributed by atoms with E-state index in [0.29, 0.717) is 12.3 Å². The lowest BCUT2D eigenvalue weighted by Crippen LogP contribution is -1.98. The number of benzene rings is 1. The van der Waals surface area contributed by atoms with Crippen LogP contribution in [0.3, 0.4) is 0 Å². The molecule has 1 rings (SSSR count). The van der Waals surface area contributed by atoms with E-state index in [1.54, 1.807) is 13.2 Å². The van der Waals surface area contributed by atoms with Gasteiger partial charge in [-0.2, -0.15) is 0 Å². The fourth-order valence-corrected chi connectivity index (χ4v) is 1.40. The molecule has 0 aliphatic rings. The molecule has 0 heterocycles. The zero-order chi connectivity index (χ0) is 12.0. The monoisotopic (exact) mass is 218 g/mol. The Balaban J connectivity index is 2.65. The lowest BCUT2D eigenvalue weighted by Gasteiger charge is -2.01. The minimum absolute atomic E-state index is 0.165. The first kappa shape index (κ1) is 12.5. The second-order valence-electron chi connectivity index (χ2n) is 4.17. The van der Waals surface area contributed by atoms with Crippen molar-refractivity contribution in [3.8, 4) is 5.75 Å². The maximum absolute atomic E-state index is 11.5. The molecular formula is C14H18O2. The largest absolute Gasteiger partial charge is 0.497 e. The molecule has 0 atom stereocenters. The second kappa shape index (κ2) is 6.11. The third-order valence-electron chi connectivity index (χ3n) is 2.16. The number of ketones is 1. The standard InChI is InChI=1S/C14H18O2/c1-11(2)9-13(15)8-7-12-5-4-6-14(10-12)16-3/h4-8,10-11H,9H2,1-3H3. The van der Waals surface area contributed by atoms with E-state index in [1.165, 1.54) is 0 Å². The summed E-state index contributed by atoms with van der Waals surface area (Å²) in [6.45, 7) is 4.08. The summed E-state index contributed by atoms with van der Waals surface area (Å²) in [5, 5.41) is 0. The maximum Gasteiger partial charge on any atom is 0.155 e. The third kappa shape index (κ3) is 4.30. The van der Waals surface area contributed by atoms with Crippen LogP contribution in [-0.2, 0) is 4.79 Å². The van der Waals surface area contributed by atoms with Gasteiger partial charge in [-0.3, -0.25) is 4.79 Å². The molecule has 0 aliphatic heterocycles. The van der Waals surface area contributed by atoms with Crippen LogP contribution in [0.4, 0.5) is 0 Å². The number of hydrogen-bond acceptors (Lipinski definition) is 2. The predicted molar refractivity (Wildman–Crippen MR) is 66.5 cm³/mol. The molecule has 0 unspecified atom stereocenters. The summed E-state index contributed by atoms with van der Waals surface area (Å²) in [6, 6.07) is 7.64. The number of rotatable bonds is 5. The van der Waals surface area contributed by atoms with Gasteiger partial charge >= 0.3 is 0 Å². The highest BCUT2D eigenvalue weighted by molar-refractivity contribution is 5.93. The summed E-state index contributed by atoms with van der Waals surface area (Å²) in [7, 11) is 1.63. The molecule has 2 heteroatoms. The van der Waals surface area contributed by atoms with Gasteiger partial charge in [0, 0.05) is 6.42 Å². The average molecular weight is 218 g/mol. The predicted octanol–water partition coefficient (Wildman–Crippen LogP) is 3.32. The van der Waals surface area contributed by atoms with E-state index in [1.807, 2.05) is 44.2 Å². The summed E-state index contributed by atoms with van der Waals surface area (Å²) in [4.78, 5) is 11.5. The minimum Gasteiger partial charge on any atom is -0.497 e. The molecule has 2 nitrogen and oxygen atoms in total. The van der Waals surface area contributed by atoms with Gasteiger partial charge in [-0.15, -0.1) is 0 Å². The van der Waals surface area contributed by atoms with Gasteiger partial charge in [0.15, 0.2) is 5.78 Å². The normalized spacial score (nSPS) is 11.0. The van der Waals surface area contributed by atoms with Crippen molar-refractivity contribution in [2.75, 3.05) is 7.11 Å². The molecule has 86 valence electrons. The van der Waals surface area contributed by atoms with E-state index in [9.17, 15) is 4.79 Å². The van der Waals surface area contributed by atoms with Crippen molar-refractivity contribution in [1.29, 1.82) is 0 Å². The molecule has 0 radical (unpaired) electrons. The Bertz CT molecular complexity index is 378. The first-order valence-corrected chi connectivity index (χ1v) is 5.47. The first-order chi connectivity index (χ1) is 7.61. The van der Waals surface area contributed by atoms with Gasteiger partial charge in [0.25, 0.3) is 0 Å². The molecule has 0 N–H and O–H groups in total. The van der Waals surface area contributed by atoms with Gasteiger partial charge in [0.05, 0.1) is 7.11 Å². The van der Waals surface area contributed by atoms with Crippen LogP contribution in [0.25, 0.3) is 6.08 Å². The second-order valence-corrected chi connectivity index (χ2v) is 4.17. The van der Waals surface area contributed by atoms with Crippen molar-refractivity contribution in [3.63, 3.8) is 0 Å². The molecule has 0 aliphatic carbocycles. The highest BCUT2D eigenvalue weighted by Crippen LogP contribution is 2.14. The summed E-state index contributed by atoms with van der Waals surface area (Å²) < 4.78 is 5.11. The third-order valence-corrected chi connectivity index (χ3v) is 2.16. The minimum atomic E-state index is 0.165. The Morgan fingerprint density at radius 2 is 2.19 bits per heavy atom. The smallest absolute Gasteiger partial charge is 0.155 e. The molecule has 0 bridgehead atoms. The van der Waals surface area contributed by atoms with Gasteiger partial charge in [-0.05, 0) is 29.7 Å². The molecule has 1 aromatic carbocycles. The van der Waals surface area contributed by atoms with E-state index in [-0.39, 0.29) is 5.78 Å². The van der Waals surface area contributed by atoms with E-state index >= 15 is 0 Å². The fourth-order valence-electron chi connectivity index (χ4n) is 1.40. The van der Waals surface area contributed by atoms with E-state index in [0.717, 1.165) is 11.3 Å². The number of carbonyl (C=O) groups is 1. The maximum atomic E-state index is 11.5. The fraction of sp³-hybridized carbons (Fsp3) is 0.357. The van der Waals surface area contributed by atoms with Crippen LogP contribution < -0.4 is 4.74 Å². The SMILES string of the molecule is COc1cccc(C=CC(=O)CC(C)C)c1. The molecule has 0 saturated carbocycles. The van der Waals surface area contributed by atoms with Gasteiger partial charge < -0.3 is 4.74 Å². The number of allylic oxidation sites excluding steroid dienone is 1. The van der Waals surface area contributed by atoms with Crippen molar-refractivity contribution in [2.24, 2.45) is 5.92 Å². The summed E-state index contributed by atoms with van der Waals surface area (Å²) in [6.07, 6.45) is 4.06. The molecule has 1 aromatic rings. The van der Waals surface area contributed by atoms with E-state index in [4.69, 9.17) is 4.74 Å². The first-order valence-electron chi connectivity index (χ1n) is 5.47. The molecule has 0 spiro atoms. The van der Waals surface area contributed by atoms with Crippen molar-refractivity contribution in [1.82, 2.24) is 0 Å². The summed E-state index contributed by atoms with van der Waals surface area (Å²) in [5.41, 5.74) is 0.983. The van der Waals surface area contributed by atoms with Crippen molar-refractivity contribution >= 4 is 11.9 Å². The quantitative estimate of drug-likeness (QED) is 0.709. The van der Waals surface area contributed by atoms with Crippen LogP contribution in [0, 0.1) is 5.92 Å². The van der Waals surface area contributed by atoms with Crippen LogP contribution >= 0.6 is 0 Å². The summed E-state index contributed by atoms with van der Waals surface area (Å²) >= 11 is 0. The van der Waals surface area contributed by atoms with Crippen LogP contribution in [0.5, 0.6) is 5.75 Å². The molecular weight excluding hydrogens is 200 g/mol. The van der Waals surface area contributed by atoms with Crippen LogP contribution in [0.2, 0.25) is 0 Å². The van der Waals surface area contributed by atoms with Crippen molar-refractivity contribution in [2.45, 2.75) is 20.3 Å². The highest BCUT2D eigenvalue weighted by Gasteiger charge is 2.00. The van der Waals surface area contributed by atoms with E-state index in [2.05, 4.69) is 0 Å². The molecule has 0 fully saturated rings. The zero-order valence-corrected chi connectivity index (χ0v) is 10.1. The Labute approximate surface area is 96.9 Å². The lowest BCUT2D eigenvalue weighted by atomic mass is 10.1. The van der Waals surface area contributed by atoms with Gasteiger partial charge in [0.1, 0.15) is 5.75 Å². The Hall–Kier alpha value is -1.57. The Morgan fingerprint density at radius 3 is 2.81 bits per heavy atom. The Morgan fingerprint density at radius 1 is 1.44 bits per heavy atom. The molecule has 0 aromatic heterocycles. The van der Waals surface area contributed by atoms with E-state index < -0.39 is 0 Å². The number of hydrogen-bond donors (Lipinski definition) is 0. The average Bonchev–Trinajstić information content (AvgIpc) is 2.26. The summed E-state index contributed by atoms with van der Waals surface area (Å²) in [5.74, 6) is 1.37. The van der Waals surface area contributed by atoms with Crippen LogP contribution in [0.1, 0.15) is 25.8 Å². The van der Waals surface area contributed by atoms with Crippen LogP contribution in [0.15, 0.2) is 30.3 Å². The van der Waals surface area contributed by atoms with Gasteiger partial charge in [0.2, 0.25) is 0 Å². The molecule has 16 heavy (non-hydrogen) atoms. The number of carbonyl (C=O) groups excluding carboxylic acids is 1. The van der Waals surface area contributed by atoms with Crippen molar-refractivity contribution in [3.05, 3.63) is 35.9 Å². The molecule has 0 amide bonds. The lowest BCUT2D eigenvalue weighted by molar-refractivity contribution is -0.115. The van der Waals surface area contributed by atoms with Crippen molar-refractivity contribution < 1.29 is 9.53 Å². The van der Waals surface area contributed by atoms with Gasteiger partial charge in [-0.1, -0.05) is 32.1 Å².